The van der Waals surface area contributed by atoms with E-state index in [1.54, 1.807) is 20.8 Å². The van der Waals surface area contributed by atoms with Gasteiger partial charge in [0.25, 0.3) is 0 Å². The molecule has 0 aromatic heterocycles. The first kappa shape index (κ1) is 15.7. The first-order chi connectivity index (χ1) is 7.93. The van der Waals surface area contributed by atoms with Crippen LogP contribution in [0.5, 0.6) is 0 Å². The Bertz CT molecular complexity index is 303. The summed E-state index contributed by atoms with van der Waals surface area (Å²) < 4.78 is 9.84. The zero-order valence-corrected chi connectivity index (χ0v) is 11.3. The molecule has 0 spiro atoms. The summed E-state index contributed by atoms with van der Waals surface area (Å²) in [6, 6.07) is 0. The van der Waals surface area contributed by atoms with Crippen LogP contribution in [0.1, 0.15) is 41.0 Å². The number of rotatable bonds is 6. The molecule has 0 saturated heterocycles. The Labute approximate surface area is 103 Å². The summed E-state index contributed by atoms with van der Waals surface area (Å²) in [5.74, 6) is -0.596. The number of hydrogen-bond acceptors (Lipinski definition) is 4. The Balaban J connectivity index is 5.05. The third-order valence-electron chi connectivity index (χ3n) is 2.17. The highest BCUT2D eigenvalue weighted by molar-refractivity contribution is 5.99. The van der Waals surface area contributed by atoms with Crippen LogP contribution in [0.25, 0.3) is 0 Å². The third kappa shape index (κ3) is 5.52. The van der Waals surface area contributed by atoms with Crippen molar-refractivity contribution in [2.45, 2.75) is 41.0 Å². The van der Waals surface area contributed by atoms with Gasteiger partial charge in [-0.05, 0) is 33.1 Å². The second-order valence-electron chi connectivity index (χ2n) is 4.14. The van der Waals surface area contributed by atoms with Gasteiger partial charge in [0, 0.05) is 11.1 Å². The summed E-state index contributed by atoms with van der Waals surface area (Å²) in [6.07, 6.45) is 0.517. The molecule has 0 unspecified atom stereocenters. The minimum Gasteiger partial charge on any atom is -0.463 e. The lowest BCUT2D eigenvalue weighted by molar-refractivity contribution is -0.142. The number of carbonyl (C=O) groups is 2. The maximum absolute atomic E-state index is 11.7. The Morgan fingerprint density at radius 1 is 1.00 bits per heavy atom. The van der Waals surface area contributed by atoms with Gasteiger partial charge in [-0.2, -0.15) is 0 Å². The molecular formula is C13H22O4. The van der Waals surface area contributed by atoms with Gasteiger partial charge in [-0.25, -0.2) is 9.59 Å². The van der Waals surface area contributed by atoms with E-state index < -0.39 is 11.9 Å². The summed E-state index contributed by atoms with van der Waals surface area (Å²) in [5, 5.41) is 0. The zero-order chi connectivity index (χ0) is 13.4. The van der Waals surface area contributed by atoms with Crippen LogP contribution in [0.3, 0.4) is 0 Å². The van der Waals surface area contributed by atoms with Crippen molar-refractivity contribution in [3.8, 4) is 0 Å². The van der Waals surface area contributed by atoms with E-state index in [2.05, 4.69) is 0 Å². The summed E-state index contributed by atoms with van der Waals surface area (Å²) in [7, 11) is 0. The second-order valence-corrected chi connectivity index (χ2v) is 4.14. The van der Waals surface area contributed by atoms with Crippen LogP contribution in [-0.2, 0) is 19.1 Å². The molecule has 0 aromatic carbocycles. The molecule has 0 bridgehead atoms. The number of esters is 2. The van der Waals surface area contributed by atoms with Crippen LogP contribution in [0.15, 0.2) is 11.1 Å². The normalized spacial score (nSPS) is 12.1. The Kier molecular flexibility index (Phi) is 7.26. The van der Waals surface area contributed by atoms with Gasteiger partial charge in [-0.1, -0.05) is 13.8 Å². The standard InChI is InChI=1S/C13H22O4/c1-6-16-12(14)10(5)11(8-9(3)4)13(15)17-7-2/h9H,6-8H2,1-5H3. The molecule has 0 atom stereocenters. The highest BCUT2D eigenvalue weighted by Gasteiger charge is 2.20. The fourth-order valence-corrected chi connectivity index (χ4v) is 1.38. The molecule has 4 heteroatoms. The quantitative estimate of drug-likeness (QED) is 0.530. The van der Waals surface area contributed by atoms with E-state index >= 15 is 0 Å². The Morgan fingerprint density at radius 3 is 1.88 bits per heavy atom. The summed E-state index contributed by atoms with van der Waals surface area (Å²) in [4.78, 5) is 23.3. The summed E-state index contributed by atoms with van der Waals surface area (Å²) in [5.41, 5.74) is 0.763. The Morgan fingerprint density at radius 2 is 1.47 bits per heavy atom. The van der Waals surface area contributed by atoms with Crippen molar-refractivity contribution < 1.29 is 19.1 Å². The lowest BCUT2D eigenvalue weighted by Crippen LogP contribution is -2.16. The maximum atomic E-state index is 11.7. The second kappa shape index (κ2) is 7.87. The van der Waals surface area contributed by atoms with Crippen LogP contribution in [0.2, 0.25) is 0 Å². The average molecular weight is 242 g/mol. The zero-order valence-electron chi connectivity index (χ0n) is 11.3. The molecule has 0 N–H and O–H groups in total. The van der Waals surface area contributed by atoms with Gasteiger partial charge in [0.1, 0.15) is 0 Å². The van der Waals surface area contributed by atoms with Crippen LogP contribution in [-0.4, -0.2) is 25.2 Å². The number of ether oxygens (including phenoxy) is 2. The molecule has 98 valence electrons. The highest BCUT2D eigenvalue weighted by atomic mass is 16.5. The molecule has 0 aliphatic rings. The van der Waals surface area contributed by atoms with Gasteiger partial charge in [-0.3, -0.25) is 0 Å². The predicted octanol–water partition coefficient (Wildman–Crippen LogP) is 2.48. The van der Waals surface area contributed by atoms with E-state index in [0.29, 0.717) is 30.8 Å². The van der Waals surface area contributed by atoms with Crippen LogP contribution < -0.4 is 0 Å². The van der Waals surface area contributed by atoms with E-state index in [1.807, 2.05) is 13.8 Å². The van der Waals surface area contributed by atoms with E-state index in [0.717, 1.165) is 0 Å². The van der Waals surface area contributed by atoms with Gasteiger partial charge in [-0.15, -0.1) is 0 Å². The molecule has 0 aliphatic carbocycles. The monoisotopic (exact) mass is 242 g/mol. The summed E-state index contributed by atoms with van der Waals surface area (Å²) in [6.45, 7) is 9.65. The molecule has 0 saturated carbocycles. The topological polar surface area (TPSA) is 52.6 Å². The van der Waals surface area contributed by atoms with Gasteiger partial charge >= 0.3 is 11.9 Å². The largest absolute Gasteiger partial charge is 0.463 e. The molecule has 17 heavy (non-hydrogen) atoms. The molecular weight excluding hydrogens is 220 g/mol. The molecule has 0 aromatic rings. The fourth-order valence-electron chi connectivity index (χ4n) is 1.38. The lowest BCUT2D eigenvalue weighted by Gasteiger charge is -2.12. The number of carbonyl (C=O) groups excluding carboxylic acids is 2. The molecule has 0 aliphatic heterocycles. The summed E-state index contributed by atoms with van der Waals surface area (Å²) >= 11 is 0. The third-order valence-corrected chi connectivity index (χ3v) is 2.17. The fraction of sp³-hybridized carbons (Fsp3) is 0.692. The SMILES string of the molecule is CCOC(=O)C(C)=C(CC(C)C)C(=O)OCC. The van der Waals surface area contributed by atoms with Crippen molar-refractivity contribution in [3.63, 3.8) is 0 Å². The van der Waals surface area contributed by atoms with Gasteiger partial charge < -0.3 is 9.47 Å². The molecule has 0 radical (unpaired) electrons. The first-order valence-corrected chi connectivity index (χ1v) is 5.97. The minimum absolute atomic E-state index is 0.277. The molecule has 0 amide bonds. The van der Waals surface area contributed by atoms with Crippen molar-refractivity contribution in [2.24, 2.45) is 5.92 Å². The van der Waals surface area contributed by atoms with E-state index in [-0.39, 0.29) is 5.92 Å². The van der Waals surface area contributed by atoms with E-state index in [1.165, 1.54) is 0 Å². The van der Waals surface area contributed by atoms with Crippen molar-refractivity contribution in [3.05, 3.63) is 11.1 Å². The number of hydrogen-bond donors (Lipinski definition) is 0. The Hall–Kier alpha value is -1.32. The predicted molar refractivity (Wildman–Crippen MR) is 65.4 cm³/mol. The van der Waals surface area contributed by atoms with Crippen molar-refractivity contribution in [1.29, 1.82) is 0 Å². The van der Waals surface area contributed by atoms with Crippen LogP contribution in [0, 0.1) is 5.92 Å². The minimum atomic E-state index is -0.448. The van der Waals surface area contributed by atoms with E-state index in [9.17, 15) is 9.59 Å². The van der Waals surface area contributed by atoms with Gasteiger partial charge in [0.05, 0.1) is 13.2 Å². The molecule has 0 rings (SSSR count). The van der Waals surface area contributed by atoms with Crippen LogP contribution >= 0.6 is 0 Å². The average Bonchev–Trinajstić information content (AvgIpc) is 2.25. The van der Waals surface area contributed by atoms with Crippen molar-refractivity contribution in [1.82, 2.24) is 0 Å². The first-order valence-electron chi connectivity index (χ1n) is 5.97. The van der Waals surface area contributed by atoms with Gasteiger partial charge in [0.15, 0.2) is 0 Å². The molecule has 4 nitrogen and oxygen atoms in total. The highest BCUT2D eigenvalue weighted by Crippen LogP contribution is 2.18. The van der Waals surface area contributed by atoms with Crippen LogP contribution in [0.4, 0.5) is 0 Å². The van der Waals surface area contributed by atoms with E-state index in [4.69, 9.17) is 9.47 Å². The van der Waals surface area contributed by atoms with Gasteiger partial charge in [0.2, 0.25) is 0 Å². The molecule has 0 fully saturated rings. The lowest BCUT2D eigenvalue weighted by atomic mass is 9.99. The van der Waals surface area contributed by atoms with Crippen molar-refractivity contribution >= 4 is 11.9 Å². The van der Waals surface area contributed by atoms with Crippen molar-refractivity contribution in [2.75, 3.05) is 13.2 Å². The smallest absolute Gasteiger partial charge is 0.334 e. The maximum Gasteiger partial charge on any atom is 0.334 e. The molecule has 0 heterocycles.